The van der Waals surface area contributed by atoms with E-state index >= 15 is 0 Å². The predicted molar refractivity (Wildman–Crippen MR) is 50.1 cm³/mol. The molecule has 1 aromatic carbocycles. The first-order valence-electron chi connectivity index (χ1n) is 4.49. The zero-order valence-corrected chi connectivity index (χ0v) is 8.23. The van der Waals surface area contributed by atoms with Crippen molar-refractivity contribution in [2.24, 2.45) is 0 Å². The van der Waals surface area contributed by atoms with Crippen LogP contribution in [-0.4, -0.2) is 0 Å². The van der Waals surface area contributed by atoms with E-state index in [1.165, 1.54) is 6.07 Å². The van der Waals surface area contributed by atoms with Crippen molar-refractivity contribution in [1.29, 1.82) is 5.26 Å². The van der Waals surface area contributed by atoms with E-state index in [0.29, 0.717) is 5.56 Å². The number of halogens is 3. The Hall–Kier alpha value is -1.50. The van der Waals surface area contributed by atoms with Crippen LogP contribution in [0.15, 0.2) is 18.2 Å². The lowest BCUT2D eigenvalue weighted by Crippen LogP contribution is -2.10. The van der Waals surface area contributed by atoms with Crippen LogP contribution in [0.5, 0.6) is 0 Å². The standard InChI is InChI=1S/C11H10F3N/c1-8-4-2-6-10(11(12,13)14)9(8)5-3-7-15/h2,4,6H,3,5H2,1H3. The van der Waals surface area contributed by atoms with Gasteiger partial charge in [-0.25, -0.2) is 0 Å². The summed E-state index contributed by atoms with van der Waals surface area (Å²) in [5, 5.41) is 8.38. The number of rotatable bonds is 2. The van der Waals surface area contributed by atoms with Crippen molar-refractivity contribution in [1.82, 2.24) is 0 Å². The number of benzene rings is 1. The van der Waals surface area contributed by atoms with Gasteiger partial charge in [-0.1, -0.05) is 12.1 Å². The van der Waals surface area contributed by atoms with Gasteiger partial charge < -0.3 is 0 Å². The Kier molecular flexibility index (Phi) is 3.35. The average Bonchev–Trinajstić information content (AvgIpc) is 2.14. The fourth-order valence-corrected chi connectivity index (χ4v) is 1.48. The van der Waals surface area contributed by atoms with Crippen LogP contribution in [0.2, 0.25) is 0 Å². The van der Waals surface area contributed by atoms with Gasteiger partial charge >= 0.3 is 6.18 Å². The van der Waals surface area contributed by atoms with Crippen LogP contribution in [-0.2, 0) is 12.6 Å². The van der Waals surface area contributed by atoms with Gasteiger partial charge in [0.05, 0.1) is 11.6 Å². The maximum atomic E-state index is 12.6. The van der Waals surface area contributed by atoms with Crippen LogP contribution < -0.4 is 0 Å². The van der Waals surface area contributed by atoms with Gasteiger partial charge in [0, 0.05) is 6.42 Å². The van der Waals surface area contributed by atoms with Crippen LogP contribution in [0.25, 0.3) is 0 Å². The average molecular weight is 213 g/mol. The van der Waals surface area contributed by atoms with Gasteiger partial charge in [0.1, 0.15) is 0 Å². The molecule has 4 heteroatoms. The summed E-state index contributed by atoms with van der Waals surface area (Å²) < 4.78 is 37.7. The number of hydrogen-bond donors (Lipinski definition) is 0. The Morgan fingerprint density at radius 2 is 2.00 bits per heavy atom. The second-order valence-corrected chi connectivity index (χ2v) is 3.26. The first-order valence-corrected chi connectivity index (χ1v) is 4.49. The lowest BCUT2D eigenvalue weighted by atomic mass is 9.97. The molecule has 0 fully saturated rings. The number of aryl methyl sites for hydroxylation is 1. The highest BCUT2D eigenvalue weighted by molar-refractivity contribution is 5.36. The van der Waals surface area contributed by atoms with Crippen molar-refractivity contribution >= 4 is 0 Å². The van der Waals surface area contributed by atoms with Gasteiger partial charge in [0.15, 0.2) is 0 Å². The summed E-state index contributed by atoms with van der Waals surface area (Å²) in [6.45, 7) is 1.63. The van der Waals surface area contributed by atoms with E-state index in [9.17, 15) is 13.2 Å². The predicted octanol–water partition coefficient (Wildman–Crippen LogP) is 3.47. The van der Waals surface area contributed by atoms with E-state index in [1.807, 2.05) is 6.07 Å². The molecule has 0 aromatic heterocycles. The molecule has 0 bridgehead atoms. The molecule has 0 saturated heterocycles. The third-order valence-corrected chi connectivity index (χ3v) is 2.20. The Bertz CT molecular complexity index is 388. The number of nitrogens with zero attached hydrogens (tertiary/aromatic N) is 1. The Morgan fingerprint density at radius 3 is 2.53 bits per heavy atom. The van der Waals surface area contributed by atoms with Gasteiger partial charge in [-0.05, 0) is 30.5 Å². The second kappa shape index (κ2) is 4.35. The molecule has 0 unspecified atom stereocenters. The molecule has 0 aliphatic carbocycles. The van der Waals surface area contributed by atoms with Gasteiger partial charge in [0.25, 0.3) is 0 Å². The van der Waals surface area contributed by atoms with Gasteiger partial charge in [0.2, 0.25) is 0 Å². The highest BCUT2D eigenvalue weighted by Crippen LogP contribution is 2.33. The van der Waals surface area contributed by atoms with Crippen LogP contribution in [0.4, 0.5) is 13.2 Å². The van der Waals surface area contributed by atoms with Crippen LogP contribution >= 0.6 is 0 Å². The summed E-state index contributed by atoms with van der Waals surface area (Å²) in [6.07, 6.45) is -4.08. The highest BCUT2D eigenvalue weighted by Gasteiger charge is 2.33. The third kappa shape index (κ3) is 2.72. The van der Waals surface area contributed by atoms with E-state index in [0.717, 1.165) is 6.07 Å². The summed E-state index contributed by atoms with van der Waals surface area (Å²) in [6, 6.07) is 5.92. The van der Waals surface area contributed by atoms with E-state index in [2.05, 4.69) is 0 Å². The van der Waals surface area contributed by atoms with Gasteiger partial charge in [-0.3, -0.25) is 0 Å². The molecule has 1 aromatic rings. The van der Waals surface area contributed by atoms with Crippen molar-refractivity contribution in [3.8, 4) is 6.07 Å². The minimum atomic E-state index is -4.34. The summed E-state index contributed by atoms with van der Waals surface area (Å²) in [5.41, 5.74) is 0.185. The van der Waals surface area contributed by atoms with E-state index in [-0.39, 0.29) is 18.4 Å². The van der Waals surface area contributed by atoms with Crippen LogP contribution in [0.3, 0.4) is 0 Å². The molecule has 0 amide bonds. The molecule has 1 nitrogen and oxygen atoms in total. The SMILES string of the molecule is Cc1cccc(C(F)(F)F)c1CCC#N. The normalized spacial score (nSPS) is 11.1. The fourth-order valence-electron chi connectivity index (χ4n) is 1.48. The maximum Gasteiger partial charge on any atom is 0.416 e. The molecule has 0 atom stereocenters. The molecular weight excluding hydrogens is 203 g/mol. The van der Waals surface area contributed by atoms with Crippen molar-refractivity contribution < 1.29 is 13.2 Å². The number of alkyl halides is 3. The number of hydrogen-bond acceptors (Lipinski definition) is 1. The highest BCUT2D eigenvalue weighted by atomic mass is 19.4. The molecule has 1 rings (SSSR count). The second-order valence-electron chi connectivity index (χ2n) is 3.26. The summed E-state index contributed by atoms with van der Waals surface area (Å²) in [7, 11) is 0. The Balaban J connectivity index is 3.16. The smallest absolute Gasteiger partial charge is 0.198 e. The summed E-state index contributed by atoms with van der Waals surface area (Å²) in [4.78, 5) is 0. The lowest BCUT2D eigenvalue weighted by Gasteiger charge is -2.13. The molecule has 15 heavy (non-hydrogen) atoms. The molecule has 0 radical (unpaired) electrons. The van der Waals surface area contributed by atoms with Crippen molar-refractivity contribution in [3.05, 3.63) is 34.9 Å². The first kappa shape index (κ1) is 11.6. The van der Waals surface area contributed by atoms with Crippen LogP contribution in [0, 0.1) is 18.3 Å². The van der Waals surface area contributed by atoms with E-state index in [1.54, 1.807) is 13.0 Å². The molecule has 0 saturated carbocycles. The lowest BCUT2D eigenvalue weighted by molar-refractivity contribution is -0.138. The number of nitriles is 1. The van der Waals surface area contributed by atoms with Crippen molar-refractivity contribution in [2.75, 3.05) is 0 Å². The minimum absolute atomic E-state index is 0.105. The molecule has 0 N–H and O–H groups in total. The monoisotopic (exact) mass is 213 g/mol. The largest absolute Gasteiger partial charge is 0.416 e. The van der Waals surface area contributed by atoms with E-state index in [4.69, 9.17) is 5.26 Å². The molecular formula is C11H10F3N. The summed E-state index contributed by atoms with van der Waals surface area (Å²) in [5.74, 6) is 0. The quantitative estimate of drug-likeness (QED) is 0.737. The van der Waals surface area contributed by atoms with E-state index < -0.39 is 11.7 Å². The maximum absolute atomic E-state index is 12.6. The molecule has 80 valence electrons. The van der Waals surface area contributed by atoms with Crippen molar-refractivity contribution in [3.63, 3.8) is 0 Å². The molecule has 0 aliphatic rings. The fraction of sp³-hybridized carbons (Fsp3) is 0.364. The summed E-state index contributed by atoms with van der Waals surface area (Å²) >= 11 is 0. The van der Waals surface area contributed by atoms with Crippen molar-refractivity contribution in [2.45, 2.75) is 25.9 Å². The molecule has 0 heterocycles. The third-order valence-electron chi connectivity index (χ3n) is 2.20. The van der Waals surface area contributed by atoms with Gasteiger partial charge in [-0.2, -0.15) is 18.4 Å². The zero-order valence-electron chi connectivity index (χ0n) is 8.23. The molecule has 0 spiro atoms. The zero-order chi connectivity index (χ0) is 11.5. The van der Waals surface area contributed by atoms with Gasteiger partial charge in [-0.15, -0.1) is 0 Å². The minimum Gasteiger partial charge on any atom is -0.198 e. The Morgan fingerprint density at radius 1 is 1.33 bits per heavy atom. The topological polar surface area (TPSA) is 23.8 Å². The molecule has 0 aliphatic heterocycles. The Labute approximate surface area is 86.1 Å². The van der Waals surface area contributed by atoms with Crippen LogP contribution in [0.1, 0.15) is 23.1 Å². The first-order chi connectivity index (χ1) is 6.96.